The van der Waals surface area contributed by atoms with Crippen LogP contribution in [0.15, 0.2) is 109 Å². The molecule has 0 aromatic heterocycles. The number of unbranched alkanes of at least 4 members (excludes halogenated alkanes) is 26. The normalized spacial score (nSPS) is 27.4. The van der Waals surface area contributed by atoms with E-state index in [0.29, 0.717) is 12.8 Å². The van der Waals surface area contributed by atoms with E-state index in [2.05, 4.69) is 116 Å². The van der Waals surface area contributed by atoms with Gasteiger partial charge in [0.1, 0.15) is 73.2 Å². The minimum Gasteiger partial charge on any atom is -0.394 e. The van der Waals surface area contributed by atoms with Crippen LogP contribution in [0.3, 0.4) is 0 Å². The van der Waals surface area contributed by atoms with Crippen LogP contribution in [-0.2, 0) is 33.2 Å². The largest absolute Gasteiger partial charge is 0.394 e. The van der Waals surface area contributed by atoms with Gasteiger partial charge >= 0.3 is 0 Å². The molecule has 564 valence electrons. The molecule has 3 rings (SSSR count). The Morgan fingerprint density at radius 3 is 1.14 bits per heavy atom. The zero-order chi connectivity index (χ0) is 71.1. The van der Waals surface area contributed by atoms with Crippen LogP contribution >= 0.6 is 0 Å². The van der Waals surface area contributed by atoms with Gasteiger partial charge < -0.3 is 89.9 Å². The highest BCUT2D eigenvalue weighted by molar-refractivity contribution is 5.76. The zero-order valence-electron chi connectivity index (χ0n) is 60.0. The summed E-state index contributed by atoms with van der Waals surface area (Å²) in [4.78, 5) is 13.4. The number of aliphatic hydroxyl groups is 11. The van der Waals surface area contributed by atoms with Crippen molar-refractivity contribution in [2.75, 3.05) is 26.4 Å². The second-order valence-electron chi connectivity index (χ2n) is 26.7. The molecule has 0 aromatic rings. The van der Waals surface area contributed by atoms with Crippen molar-refractivity contribution in [1.29, 1.82) is 0 Å². The molecule has 19 heteroatoms. The van der Waals surface area contributed by atoms with E-state index in [4.69, 9.17) is 28.4 Å². The highest BCUT2D eigenvalue weighted by atomic mass is 16.8. The van der Waals surface area contributed by atoms with Crippen LogP contribution in [0.2, 0.25) is 0 Å². The van der Waals surface area contributed by atoms with Crippen LogP contribution in [0.4, 0.5) is 0 Å². The fourth-order valence-corrected chi connectivity index (χ4v) is 12.2. The number of carbonyl (C=O) groups excluding carboxylic acids is 1. The standard InChI is InChI=1S/C79H135NO18/c1-3-5-7-9-11-13-15-17-19-21-23-25-27-28-29-30-31-32-33-35-36-38-40-42-44-46-48-50-52-54-56-63(84)62(80-67(85)57-55-53-51-49-47-45-43-41-39-37-34-26-24-22-20-18-16-14-12-10-8-6-4-2)61-93-77-73(91)70(88)75(65(59-82)95-77)98-79-74(92)71(89)76(66(60-83)96-79)97-78-72(90)69(87)68(86)64(58-81)94-78/h6,8,12,14,18,20,24,26,37-40,43,45-46,48,54,56,62-66,68-79,81-84,86-92H,3-5,7,9-11,13,15-17,19,21-23,25,27-36,41-42,44,47,49-53,55,57-61H2,1-2H3,(H,80,85)/b8-6-,14-12-,20-18-,26-24-,39-37-,40-38+,45-43-,48-46+,56-54+. The molecule has 3 fully saturated rings. The first-order chi connectivity index (χ1) is 47.8. The van der Waals surface area contributed by atoms with E-state index in [-0.39, 0.29) is 18.9 Å². The number of hydrogen-bond acceptors (Lipinski definition) is 18. The first-order valence-corrected chi connectivity index (χ1v) is 38.1. The fraction of sp³-hybridized carbons (Fsp3) is 0.759. The van der Waals surface area contributed by atoms with Crippen LogP contribution in [0.25, 0.3) is 0 Å². The number of amides is 1. The average molecular weight is 1390 g/mol. The summed E-state index contributed by atoms with van der Waals surface area (Å²) in [5.41, 5.74) is 0. The number of ether oxygens (including phenoxy) is 6. The Balaban J connectivity index is 1.43. The molecule has 19 nitrogen and oxygen atoms in total. The maximum Gasteiger partial charge on any atom is 0.220 e. The van der Waals surface area contributed by atoms with Gasteiger partial charge in [-0.05, 0) is 96.3 Å². The lowest BCUT2D eigenvalue weighted by Gasteiger charge is -2.48. The van der Waals surface area contributed by atoms with Crippen molar-refractivity contribution in [2.24, 2.45) is 0 Å². The van der Waals surface area contributed by atoms with E-state index in [1.807, 2.05) is 6.08 Å². The summed E-state index contributed by atoms with van der Waals surface area (Å²) in [6.45, 7) is 1.58. The van der Waals surface area contributed by atoms with Gasteiger partial charge in [-0.15, -0.1) is 0 Å². The maximum atomic E-state index is 13.4. The molecule has 0 spiro atoms. The van der Waals surface area contributed by atoms with Crippen molar-refractivity contribution in [3.05, 3.63) is 109 Å². The lowest BCUT2D eigenvalue weighted by Crippen LogP contribution is -2.66. The number of carbonyl (C=O) groups is 1. The molecule has 98 heavy (non-hydrogen) atoms. The van der Waals surface area contributed by atoms with Crippen LogP contribution < -0.4 is 5.32 Å². The monoisotopic (exact) mass is 1390 g/mol. The van der Waals surface area contributed by atoms with Gasteiger partial charge in [0.25, 0.3) is 0 Å². The van der Waals surface area contributed by atoms with Crippen molar-refractivity contribution >= 4 is 5.91 Å². The number of rotatable bonds is 58. The number of hydrogen-bond donors (Lipinski definition) is 12. The third-order valence-electron chi connectivity index (χ3n) is 18.3. The summed E-state index contributed by atoms with van der Waals surface area (Å²) in [7, 11) is 0. The summed E-state index contributed by atoms with van der Waals surface area (Å²) in [5, 5.41) is 121. The molecule has 0 bridgehead atoms. The van der Waals surface area contributed by atoms with E-state index < -0.39 is 124 Å². The van der Waals surface area contributed by atoms with Crippen molar-refractivity contribution in [1.82, 2.24) is 5.32 Å². The Morgan fingerprint density at radius 2 is 0.714 bits per heavy atom. The molecule has 3 heterocycles. The number of nitrogens with one attached hydrogen (secondary N) is 1. The summed E-state index contributed by atoms with van der Waals surface area (Å²) in [6, 6.07) is -1.02. The molecule has 0 radical (unpaired) electrons. The van der Waals surface area contributed by atoms with Crippen LogP contribution in [-0.4, -0.2) is 193 Å². The molecule has 3 aliphatic rings. The molecule has 17 unspecified atom stereocenters. The molecular formula is C79H135NO18. The van der Waals surface area contributed by atoms with Gasteiger partial charge in [0.2, 0.25) is 5.91 Å². The van der Waals surface area contributed by atoms with Gasteiger partial charge in [-0.1, -0.05) is 258 Å². The Morgan fingerprint density at radius 1 is 0.378 bits per heavy atom. The van der Waals surface area contributed by atoms with Crippen molar-refractivity contribution < 1.29 is 89.4 Å². The summed E-state index contributed by atoms with van der Waals surface area (Å²) >= 11 is 0. The summed E-state index contributed by atoms with van der Waals surface area (Å²) < 4.78 is 34.4. The predicted octanol–water partition coefficient (Wildman–Crippen LogP) is 11.8. The van der Waals surface area contributed by atoms with Crippen LogP contribution in [0, 0.1) is 0 Å². The molecule has 1 amide bonds. The molecule has 17 atom stereocenters. The van der Waals surface area contributed by atoms with Crippen LogP contribution in [0.5, 0.6) is 0 Å². The lowest BCUT2D eigenvalue weighted by atomic mass is 9.96. The van der Waals surface area contributed by atoms with Gasteiger partial charge in [-0.2, -0.15) is 0 Å². The topological polar surface area (TPSA) is 307 Å². The number of aliphatic hydroxyl groups excluding tert-OH is 11. The Bertz CT molecular complexity index is 2200. The van der Waals surface area contributed by atoms with Crippen molar-refractivity contribution in [2.45, 2.75) is 356 Å². The highest BCUT2D eigenvalue weighted by Crippen LogP contribution is 2.33. The molecule has 0 aromatic carbocycles. The first kappa shape index (κ1) is 88.7. The molecule has 0 saturated carbocycles. The molecule has 3 saturated heterocycles. The van der Waals surface area contributed by atoms with Gasteiger partial charge in [0.05, 0.1) is 38.6 Å². The second-order valence-corrected chi connectivity index (χ2v) is 26.7. The second kappa shape index (κ2) is 58.9. The Kier molecular flexibility index (Phi) is 53.3. The quantitative estimate of drug-likeness (QED) is 0.0199. The maximum absolute atomic E-state index is 13.4. The summed E-state index contributed by atoms with van der Waals surface area (Å²) in [5.74, 6) is -0.317. The van der Waals surface area contributed by atoms with E-state index in [0.717, 1.165) is 89.9 Å². The van der Waals surface area contributed by atoms with Crippen LogP contribution in [0.1, 0.15) is 251 Å². The van der Waals surface area contributed by atoms with Gasteiger partial charge in [0.15, 0.2) is 18.9 Å². The van der Waals surface area contributed by atoms with E-state index >= 15 is 0 Å². The minimum absolute atomic E-state index is 0.195. The third kappa shape index (κ3) is 39.2. The minimum atomic E-state index is -1.99. The Hall–Kier alpha value is -3.55. The van der Waals surface area contributed by atoms with Gasteiger partial charge in [0, 0.05) is 6.42 Å². The lowest BCUT2D eigenvalue weighted by molar-refractivity contribution is -0.379. The van der Waals surface area contributed by atoms with Gasteiger partial charge in [-0.25, -0.2) is 0 Å². The first-order valence-electron chi connectivity index (χ1n) is 38.1. The fourth-order valence-electron chi connectivity index (χ4n) is 12.2. The Labute approximate surface area is 589 Å². The van der Waals surface area contributed by atoms with Gasteiger partial charge in [-0.3, -0.25) is 4.79 Å². The molecule has 12 N–H and O–H groups in total. The highest BCUT2D eigenvalue weighted by Gasteiger charge is 2.53. The van der Waals surface area contributed by atoms with E-state index in [1.165, 1.54) is 128 Å². The van der Waals surface area contributed by atoms with E-state index in [1.54, 1.807) is 6.08 Å². The van der Waals surface area contributed by atoms with E-state index in [9.17, 15) is 61.0 Å². The molecule has 3 aliphatic heterocycles. The third-order valence-corrected chi connectivity index (χ3v) is 18.3. The van der Waals surface area contributed by atoms with Crippen molar-refractivity contribution in [3.63, 3.8) is 0 Å². The SMILES string of the molecule is CC/C=C\C/C=C\C/C=C\C/C=C\C/C=C\C/C=C\CCCCCCC(=O)NC(COC1OC(CO)C(OC2OC(CO)C(OC3OC(CO)C(O)C(O)C3O)C(O)C2O)C(O)C1O)C(O)/C=C/CC/C=C/CC/C=C/CCCCCCCCCCCCCCCCCCCCCC. The average Bonchev–Trinajstić information content (AvgIpc) is 0.785. The summed E-state index contributed by atoms with van der Waals surface area (Å²) in [6.07, 6.45) is 53.6. The zero-order valence-corrected chi connectivity index (χ0v) is 60.0. The predicted molar refractivity (Wildman–Crippen MR) is 387 cm³/mol. The smallest absolute Gasteiger partial charge is 0.220 e. The van der Waals surface area contributed by atoms with Crippen molar-refractivity contribution in [3.8, 4) is 0 Å². The molecular weight excluding hydrogens is 1250 g/mol. The number of allylic oxidation sites excluding steroid dienone is 17. The molecule has 0 aliphatic carbocycles.